The predicted octanol–water partition coefficient (Wildman–Crippen LogP) is 5.75. The van der Waals surface area contributed by atoms with Crippen molar-refractivity contribution in [2.45, 2.75) is 75.9 Å². The molecule has 21 heavy (non-hydrogen) atoms. The van der Waals surface area contributed by atoms with Crippen LogP contribution in [0.5, 0.6) is 0 Å². The summed E-state index contributed by atoms with van der Waals surface area (Å²) in [6.07, 6.45) is 10.9. The molecule has 2 atom stereocenters. The van der Waals surface area contributed by atoms with Crippen LogP contribution in [0.25, 0.3) is 0 Å². The molecule has 1 nitrogen and oxygen atoms in total. The molecule has 116 valence electrons. The maximum atomic E-state index is 6.55. The standard InChI is InChI=1S/C19H27BrO/c1-15-5-7-16(8-6-15)17(14-20)13-18-9-12-19(21-18)10-3-2-4-11-19/h5-8,17-18H,2-4,9-14H2,1H3. The Morgan fingerprint density at radius 2 is 1.86 bits per heavy atom. The Hall–Kier alpha value is -0.340. The molecule has 0 amide bonds. The van der Waals surface area contributed by atoms with Crippen LogP contribution in [-0.2, 0) is 4.74 Å². The van der Waals surface area contributed by atoms with E-state index in [4.69, 9.17) is 4.74 Å². The van der Waals surface area contributed by atoms with Gasteiger partial charge in [-0.1, -0.05) is 65.0 Å². The highest BCUT2D eigenvalue weighted by atomic mass is 79.9. The van der Waals surface area contributed by atoms with Gasteiger partial charge in [-0.15, -0.1) is 0 Å². The Balaban J connectivity index is 1.61. The van der Waals surface area contributed by atoms with Gasteiger partial charge in [-0.2, -0.15) is 0 Å². The van der Waals surface area contributed by atoms with Gasteiger partial charge in [-0.05, 0) is 50.5 Å². The van der Waals surface area contributed by atoms with Crippen LogP contribution in [0.15, 0.2) is 24.3 Å². The number of alkyl halides is 1. The molecule has 2 heteroatoms. The second-order valence-electron chi connectivity index (χ2n) is 7.02. The average molecular weight is 351 g/mol. The van der Waals surface area contributed by atoms with Gasteiger partial charge in [0, 0.05) is 5.33 Å². The molecule has 1 aromatic carbocycles. The Kier molecular flexibility index (Phi) is 5.06. The molecule has 1 saturated heterocycles. The van der Waals surface area contributed by atoms with Crippen LogP contribution in [0.2, 0.25) is 0 Å². The van der Waals surface area contributed by atoms with Gasteiger partial charge in [0.2, 0.25) is 0 Å². The number of halogens is 1. The van der Waals surface area contributed by atoms with Crippen molar-refractivity contribution in [2.24, 2.45) is 0 Å². The molecule has 1 heterocycles. The van der Waals surface area contributed by atoms with E-state index in [0.717, 1.165) is 11.8 Å². The minimum atomic E-state index is 0.257. The highest BCUT2D eigenvalue weighted by Crippen LogP contribution is 2.44. The van der Waals surface area contributed by atoms with Gasteiger partial charge in [0.25, 0.3) is 0 Å². The Labute approximate surface area is 137 Å². The fourth-order valence-electron chi connectivity index (χ4n) is 4.07. The first kappa shape index (κ1) is 15.6. The molecule has 0 radical (unpaired) electrons. The van der Waals surface area contributed by atoms with E-state index < -0.39 is 0 Å². The topological polar surface area (TPSA) is 9.23 Å². The van der Waals surface area contributed by atoms with Gasteiger partial charge in [-0.3, -0.25) is 0 Å². The predicted molar refractivity (Wildman–Crippen MR) is 92.3 cm³/mol. The molecule has 0 bridgehead atoms. The highest BCUT2D eigenvalue weighted by molar-refractivity contribution is 9.09. The lowest BCUT2D eigenvalue weighted by Crippen LogP contribution is -2.32. The number of aryl methyl sites for hydroxylation is 1. The SMILES string of the molecule is Cc1ccc(C(CBr)CC2CCC3(CCCCC3)O2)cc1. The molecule has 2 unspecified atom stereocenters. The molecular formula is C19H27BrO. The molecule has 3 rings (SSSR count). The van der Waals surface area contributed by atoms with E-state index in [-0.39, 0.29) is 5.60 Å². The number of hydrogen-bond acceptors (Lipinski definition) is 1. The molecule has 1 aliphatic heterocycles. The van der Waals surface area contributed by atoms with Gasteiger partial charge >= 0.3 is 0 Å². The average Bonchev–Trinajstić information content (AvgIpc) is 2.89. The minimum Gasteiger partial charge on any atom is -0.372 e. The molecular weight excluding hydrogens is 324 g/mol. The molecule has 1 aliphatic carbocycles. The highest BCUT2D eigenvalue weighted by Gasteiger charge is 2.41. The maximum absolute atomic E-state index is 6.55. The summed E-state index contributed by atoms with van der Waals surface area (Å²) < 4.78 is 6.55. The number of benzene rings is 1. The van der Waals surface area contributed by atoms with Crippen LogP contribution >= 0.6 is 15.9 Å². The first-order valence-electron chi connectivity index (χ1n) is 8.51. The van der Waals surface area contributed by atoms with Gasteiger partial charge in [-0.25, -0.2) is 0 Å². The van der Waals surface area contributed by atoms with E-state index in [0.29, 0.717) is 12.0 Å². The molecule has 1 aromatic rings. The van der Waals surface area contributed by atoms with Crippen LogP contribution < -0.4 is 0 Å². The van der Waals surface area contributed by atoms with Crippen molar-refractivity contribution >= 4 is 15.9 Å². The third-order valence-electron chi connectivity index (χ3n) is 5.39. The normalized spacial score (nSPS) is 26.1. The van der Waals surface area contributed by atoms with Crippen molar-refractivity contribution in [3.63, 3.8) is 0 Å². The third kappa shape index (κ3) is 3.71. The van der Waals surface area contributed by atoms with Gasteiger partial charge < -0.3 is 4.74 Å². The Bertz CT molecular complexity index is 447. The van der Waals surface area contributed by atoms with Crippen LogP contribution in [0, 0.1) is 6.92 Å². The van der Waals surface area contributed by atoms with Crippen molar-refractivity contribution in [3.05, 3.63) is 35.4 Å². The lowest BCUT2D eigenvalue weighted by molar-refractivity contribution is -0.0668. The van der Waals surface area contributed by atoms with E-state index in [9.17, 15) is 0 Å². The molecule has 2 fully saturated rings. The zero-order chi connectivity index (χ0) is 14.7. The van der Waals surface area contributed by atoms with E-state index in [1.54, 1.807) is 0 Å². The second-order valence-corrected chi connectivity index (χ2v) is 7.67. The first-order chi connectivity index (χ1) is 10.2. The summed E-state index contributed by atoms with van der Waals surface area (Å²) in [6, 6.07) is 9.02. The van der Waals surface area contributed by atoms with E-state index >= 15 is 0 Å². The first-order valence-corrected chi connectivity index (χ1v) is 9.63. The van der Waals surface area contributed by atoms with Crippen molar-refractivity contribution < 1.29 is 4.74 Å². The van der Waals surface area contributed by atoms with Gasteiger partial charge in [0.05, 0.1) is 11.7 Å². The van der Waals surface area contributed by atoms with E-state index in [1.807, 2.05) is 0 Å². The molecule has 1 spiro atoms. The Morgan fingerprint density at radius 3 is 2.52 bits per heavy atom. The Morgan fingerprint density at radius 1 is 1.14 bits per heavy atom. The quantitative estimate of drug-likeness (QED) is 0.628. The molecule has 1 saturated carbocycles. The molecule has 0 N–H and O–H groups in total. The second kappa shape index (κ2) is 6.83. The van der Waals surface area contributed by atoms with Crippen molar-refractivity contribution in [2.75, 3.05) is 5.33 Å². The fourth-order valence-corrected chi connectivity index (χ4v) is 4.71. The summed E-state index contributed by atoms with van der Waals surface area (Å²) >= 11 is 3.71. The number of hydrogen-bond donors (Lipinski definition) is 0. The maximum Gasteiger partial charge on any atom is 0.0687 e. The molecule has 0 aromatic heterocycles. The lowest BCUT2D eigenvalue weighted by atomic mass is 9.83. The lowest BCUT2D eigenvalue weighted by Gasteiger charge is -2.33. The van der Waals surface area contributed by atoms with Gasteiger partial charge in [0.15, 0.2) is 0 Å². The van der Waals surface area contributed by atoms with Gasteiger partial charge in [0.1, 0.15) is 0 Å². The summed E-state index contributed by atoms with van der Waals surface area (Å²) in [5.41, 5.74) is 3.04. The van der Waals surface area contributed by atoms with Crippen LogP contribution in [0.1, 0.15) is 68.4 Å². The third-order valence-corrected chi connectivity index (χ3v) is 6.17. The smallest absolute Gasteiger partial charge is 0.0687 e. The minimum absolute atomic E-state index is 0.257. The summed E-state index contributed by atoms with van der Waals surface area (Å²) in [4.78, 5) is 0. The summed E-state index contributed by atoms with van der Waals surface area (Å²) in [7, 11) is 0. The number of ether oxygens (including phenoxy) is 1. The zero-order valence-corrected chi connectivity index (χ0v) is 14.7. The summed E-state index contributed by atoms with van der Waals surface area (Å²) in [5, 5.41) is 1.03. The van der Waals surface area contributed by atoms with Crippen LogP contribution in [0.3, 0.4) is 0 Å². The summed E-state index contributed by atoms with van der Waals surface area (Å²) in [5.74, 6) is 0.578. The molecule has 2 aliphatic rings. The summed E-state index contributed by atoms with van der Waals surface area (Å²) in [6.45, 7) is 2.15. The van der Waals surface area contributed by atoms with Crippen molar-refractivity contribution in [1.29, 1.82) is 0 Å². The van der Waals surface area contributed by atoms with Crippen LogP contribution in [-0.4, -0.2) is 17.0 Å². The van der Waals surface area contributed by atoms with Crippen molar-refractivity contribution in [1.82, 2.24) is 0 Å². The zero-order valence-electron chi connectivity index (χ0n) is 13.1. The van der Waals surface area contributed by atoms with E-state index in [2.05, 4.69) is 47.1 Å². The van der Waals surface area contributed by atoms with Crippen molar-refractivity contribution in [3.8, 4) is 0 Å². The number of rotatable bonds is 4. The van der Waals surface area contributed by atoms with Crippen LogP contribution in [0.4, 0.5) is 0 Å². The largest absolute Gasteiger partial charge is 0.372 e. The fraction of sp³-hybridized carbons (Fsp3) is 0.684. The van der Waals surface area contributed by atoms with E-state index in [1.165, 1.54) is 56.1 Å². The monoisotopic (exact) mass is 350 g/mol.